The van der Waals surface area contributed by atoms with E-state index in [4.69, 9.17) is 4.98 Å². The van der Waals surface area contributed by atoms with Crippen molar-refractivity contribution in [2.24, 2.45) is 0 Å². The Kier molecular flexibility index (Phi) is 5.62. The van der Waals surface area contributed by atoms with Gasteiger partial charge in [-0.15, -0.1) is 0 Å². The molecule has 5 aromatic carbocycles. The quantitative estimate of drug-likeness (QED) is 0.248. The molecule has 0 radical (unpaired) electrons. The lowest BCUT2D eigenvalue weighted by Gasteiger charge is -2.08. The molecule has 0 atom stereocenters. The minimum absolute atomic E-state index is 0.943. The highest BCUT2D eigenvalue weighted by Gasteiger charge is 2.05. The number of hydrogen-bond acceptors (Lipinski definition) is 2. The number of fused-ring (bicyclic) bond motifs is 4. The molecular formula is C33H24N2. The molecule has 2 nitrogen and oxygen atoms in total. The third-order valence-electron chi connectivity index (χ3n) is 6.31. The smallest absolute Gasteiger partial charge is 0.0712 e. The van der Waals surface area contributed by atoms with Crippen LogP contribution in [-0.4, -0.2) is 9.97 Å². The number of aromatic nitrogens is 2. The molecule has 2 aromatic heterocycles. The number of hydrogen-bond donors (Lipinski definition) is 0. The lowest BCUT2D eigenvalue weighted by atomic mass is 9.99. The summed E-state index contributed by atoms with van der Waals surface area (Å²) in [6, 6.07) is 46.1. The zero-order valence-electron chi connectivity index (χ0n) is 19.3. The fourth-order valence-corrected chi connectivity index (χ4v) is 4.55. The molecule has 0 aliphatic heterocycles. The average Bonchev–Trinajstić information content (AvgIpc) is 2.92. The van der Waals surface area contributed by atoms with Gasteiger partial charge in [-0.05, 0) is 53.9 Å². The van der Waals surface area contributed by atoms with Crippen molar-refractivity contribution in [1.29, 1.82) is 0 Å². The number of pyridine rings is 2. The maximum atomic E-state index is 4.78. The Labute approximate surface area is 204 Å². The first-order chi connectivity index (χ1) is 17.3. The van der Waals surface area contributed by atoms with Crippen LogP contribution in [0.1, 0.15) is 11.1 Å². The first kappa shape index (κ1) is 21.0. The third-order valence-corrected chi connectivity index (χ3v) is 6.31. The van der Waals surface area contributed by atoms with Gasteiger partial charge in [-0.3, -0.25) is 0 Å². The Morgan fingerprint density at radius 3 is 1.51 bits per heavy atom. The van der Waals surface area contributed by atoms with Crippen LogP contribution < -0.4 is 0 Å². The molecule has 0 spiro atoms. The molecule has 166 valence electrons. The molecule has 0 aliphatic rings. The molecule has 0 N–H and O–H groups in total. The molecule has 0 bridgehead atoms. The van der Waals surface area contributed by atoms with Crippen molar-refractivity contribution in [3.63, 3.8) is 0 Å². The van der Waals surface area contributed by atoms with Crippen molar-refractivity contribution >= 4 is 43.6 Å². The fourth-order valence-electron chi connectivity index (χ4n) is 4.55. The second kappa shape index (κ2) is 9.36. The summed E-state index contributed by atoms with van der Waals surface area (Å²) in [6.07, 6.45) is 0.943. The fraction of sp³-hybridized carbons (Fsp3) is 0.0303. The van der Waals surface area contributed by atoms with E-state index in [0.717, 1.165) is 28.5 Å². The summed E-state index contributed by atoms with van der Waals surface area (Å²) in [7, 11) is 0. The zero-order valence-corrected chi connectivity index (χ0v) is 19.3. The zero-order chi connectivity index (χ0) is 23.5. The molecule has 0 saturated carbocycles. The first-order valence-electron chi connectivity index (χ1n) is 11.9. The van der Waals surface area contributed by atoms with Crippen LogP contribution in [-0.2, 0) is 6.42 Å². The van der Waals surface area contributed by atoms with Gasteiger partial charge in [0.05, 0.1) is 22.1 Å². The van der Waals surface area contributed by atoms with Crippen molar-refractivity contribution in [3.8, 4) is 0 Å². The highest BCUT2D eigenvalue weighted by Crippen LogP contribution is 2.24. The molecule has 7 rings (SSSR count). The van der Waals surface area contributed by atoms with Crippen molar-refractivity contribution in [1.82, 2.24) is 9.97 Å². The average molecular weight is 449 g/mol. The summed E-state index contributed by atoms with van der Waals surface area (Å²) in [5.74, 6) is 0. The summed E-state index contributed by atoms with van der Waals surface area (Å²) in [6.45, 7) is 0. The SMILES string of the molecule is c1ccc(Cc2cccc3nc4ccccc4cc23)cc1.c1ccc2nc3ccccc3cc2c1. The number of benzene rings is 5. The van der Waals surface area contributed by atoms with Gasteiger partial charge >= 0.3 is 0 Å². The monoisotopic (exact) mass is 448 g/mol. The number of nitrogens with zero attached hydrogens (tertiary/aromatic N) is 2. The van der Waals surface area contributed by atoms with Crippen LogP contribution >= 0.6 is 0 Å². The maximum Gasteiger partial charge on any atom is 0.0712 e. The Bertz CT molecular complexity index is 1670. The van der Waals surface area contributed by atoms with E-state index in [1.165, 1.54) is 32.7 Å². The summed E-state index contributed by atoms with van der Waals surface area (Å²) in [4.78, 5) is 9.36. The Morgan fingerprint density at radius 2 is 0.886 bits per heavy atom. The van der Waals surface area contributed by atoms with Crippen LogP contribution in [0, 0.1) is 0 Å². The van der Waals surface area contributed by atoms with Gasteiger partial charge in [-0.25, -0.2) is 9.97 Å². The van der Waals surface area contributed by atoms with E-state index in [0.29, 0.717) is 0 Å². The third kappa shape index (κ3) is 4.47. The molecule has 0 saturated heterocycles. The molecule has 7 aromatic rings. The van der Waals surface area contributed by atoms with Crippen molar-refractivity contribution in [2.45, 2.75) is 6.42 Å². The van der Waals surface area contributed by atoms with E-state index in [2.05, 4.69) is 96.0 Å². The van der Waals surface area contributed by atoms with Gasteiger partial charge in [0.2, 0.25) is 0 Å². The number of para-hydroxylation sites is 3. The Hall–Kier alpha value is -4.56. The summed E-state index contributed by atoms with van der Waals surface area (Å²) >= 11 is 0. The van der Waals surface area contributed by atoms with Gasteiger partial charge in [0, 0.05) is 21.5 Å². The van der Waals surface area contributed by atoms with Gasteiger partial charge in [0.15, 0.2) is 0 Å². The molecule has 35 heavy (non-hydrogen) atoms. The van der Waals surface area contributed by atoms with Gasteiger partial charge in [0.25, 0.3) is 0 Å². The highest BCUT2D eigenvalue weighted by molar-refractivity contribution is 5.94. The van der Waals surface area contributed by atoms with Crippen LogP contribution in [0.4, 0.5) is 0 Å². The van der Waals surface area contributed by atoms with Gasteiger partial charge in [0.1, 0.15) is 0 Å². The molecule has 0 fully saturated rings. The van der Waals surface area contributed by atoms with Crippen LogP contribution in [0.5, 0.6) is 0 Å². The van der Waals surface area contributed by atoms with Crippen LogP contribution in [0.2, 0.25) is 0 Å². The standard InChI is InChI=1S/C20H15N.C13H9N/c1-2-7-15(8-3-1)13-16-10-6-12-20-18(16)14-17-9-4-5-11-19(17)21-20;1-3-7-12-10(5-1)9-11-6-2-4-8-13(11)14-12/h1-12,14H,13H2;1-9H. The van der Waals surface area contributed by atoms with E-state index < -0.39 is 0 Å². The molecule has 2 heterocycles. The molecule has 0 aliphatic carbocycles. The van der Waals surface area contributed by atoms with Crippen molar-refractivity contribution in [2.75, 3.05) is 0 Å². The van der Waals surface area contributed by atoms with E-state index >= 15 is 0 Å². The summed E-state index contributed by atoms with van der Waals surface area (Å²) in [5, 5.41) is 4.85. The lowest BCUT2D eigenvalue weighted by molar-refractivity contribution is 1.21. The molecule has 0 amide bonds. The van der Waals surface area contributed by atoms with Gasteiger partial charge in [-0.1, -0.05) is 97.1 Å². The second-order valence-corrected chi connectivity index (χ2v) is 8.70. The van der Waals surface area contributed by atoms with Gasteiger partial charge in [-0.2, -0.15) is 0 Å². The van der Waals surface area contributed by atoms with Crippen molar-refractivity contribution < 1.29 is 0 Å². The first-order valence-corrected chi connectivity index (χ1v) is 11.9. The molecular weight excluding hydrogens is 424 g/mol. The lowest BCUT2D eigenvalue weighted by Crippen LogP contribution is -1.91. The van der Waals surface area contributed by atoms with Crippen LogP contribution in [0.3, 0.4) is 0 Å². The van der Waals surface area contributed by atoms with E-state index in [1.54, 1.807) is 0 Å². The van der Waals surface area contributed by atoms with Crippen LogP contribution in [0.25, 0.3) is 43.6 Å². The largest absolute Gasteiger partial charge is 0.248 e. The Morgan fingerprint density at radius 1 is 0.400 bits per heavy atom. The van der Waals surface area contributed by atoms with Crippen molar-refractivity contribution in [3.05, 3.63) is 145 Å². The normalized spacial score (nSPS) is 11.0. The Balaban J connectivity index is 0.000000141. The van der Waals surface area contributed by atoms with Gasteiger partial charge < -0.3 is 0 Å². The minimum atomic E-state index is 0.943. The van der Waals surface area contributed by atoms with E-state index in [-0.39, 0.29) is 0 Å². The van der Waals surface area contributed by atoms with Crippen LogP contribution in [0.15, 0.2) is 133 Å². The highest BCUT2D eigenvalue weighted by atomic mass is 14.7. The molecule has 2 heteroatoms. The van der Waals surface area contributed by atoms with E-state index in [1.807, 2.05) is 42.5 Å². The number of rotatable bonds is 2. The van der Waals surface area contributed by atoms with E-state index in [9.17, 15) is 0 Å². The predicted octanol–water partition coefficient (Wildman–Crippen LogP) is 8.37. The maximum absolute atomic E-state index is 4.78. The molecule has 0 unspecified atom stereocenters. The summed E-state index contributed by atoms with van der Waals surface area (Å²) in [5.41, 5.74) is 6.91. The summed E-state index contributed by atoms with van der Waals surface area (Å²) < 4.78 is 0. The predicted molar refractivity (Wildman–Crippen MR) is 148 cm³/mol. The minimum Gasteiger partial charge on any atom is -0.248 e. The topological polar surface area (TPSA) is 25.8 Å². The second-order valence-electron chi connectivity index (χ2n) is 8.70.